The molecule has 2 rings (SSSR count). The predicted molar refractivity (Wildman–Crippen MR) is 65.6 cm³/mol. The second-order valence-electron chi connectivity index (χ2n) is 5.67. The van der Waals surface area contributed by atoms with Gasteiger partial charge in [-0.05, 0) is 20.3 Å². The number of primary amides is 1. The lowest BCUT2D eigenvalue weighted by Crippen LogP contribution is -2.66. The number of ether oxygens (including phenoxy) is 1. The molecule has 1 atom stereocenters. The van der Waals surface area contributed by atoms with Crippen LogP contribution < -0.4 is 11.1 Å². The van der Waals surface area contributed by atoms with Gasteiger partial charge in [-0.25, -0.2) is 0 Å². The molecule has 2 aliphatic heterocycles. The minimum Gasteiger partial charge on any atom is -0.375 e. The zero-order chi connectivity index (χ0) is 12.5. The predicted octanol–water partition coefficient (Wildman–Crippen LogP) is -0.295. The monoisotopic (exact) mass is 241 g/mol. The summed E-state index contributed by atoms with van der Waals surface area (Å²) in [5.74, 6) is -0.198. The molecule has 0 aliphatic carbocycles. The normalized spacial score (nSPS) is 34.5. The molecule has 0 aromatic rings. The average Bonchev–Trinajstić information content (AvgIpc) is 2.28. The Bertz CT molecular complexity index is 300. The van der Waals surface area contributed by atoms with Crippen molar-refractivity contribution in [1.82, 2.24) is 10.2 Å². The van der Waals surface area contributed by atoms with Crippen LogP contribution in [0.5, 0.6) is 0 Å². The molecule has 0 radical (unpaired) electrons. The van der Waals surface area contributed by atoms with E-state index < -0.39 is 5.54 Å². The third-order valence-corrected chi connectivity index (χ3v) is 3.91. The molecule has 2 saturated heterocycles. The Balaban J connectivity index is 2.22. The zero-order valence-corrected chi connectivity index (χ0v) is 10.8. The van der Waals surface area contributed by atoms with Crippen LogP contribution in [0.25, 0.3) is 0 Å². The van der Waals surface area contributed by atoms with Gasteiger partial charge in [-0.2, -0.15) is 0 Å². The van der Waals surface area contributed by atoms with Crippen LogP contribution in [-0.4, -0.2) is 54.7 Å². The van der Waals surface area contributed by atoms with Gasteiger partial charge >= 0.3 is 0 Å². The summed E-state index contributed by atoms with van der Waals surface area (Å²) >= 11 is 0. The summed E-state index contributed by atoms with van der Waals surface area (Å²) in [7, 11) is 0. The fraction of sp³-hybridized carbons (Fsp3) is 0.917. The van der Waals surface area contributed by atoms with Crippen molar-refractivity contribution < 1.29 is 9.53 Å². The average molecular weight is 241 g/mol. The molecule has 0 aromatic heterocycles. The van der Waals surface area contributed by atoms with E-state index in [0.717, 1.165) is 26.2 Å². The van der Waals surface area contributed by atoms with E-state index in [2.05, 4.69) is 10.2 Å². The molecular weight excluding hydrogens is 218 g/mol. The van der Waals surface area contributed by atoms with Gasteiger partial charge in [0.05, 0.1) is 5.60 Å². The van der Waals surface area contributed by atoms with E-state index >= 15 is 0 Å². The number of nitrogens with one attached hydrogen (secondary N) is 1. The van der Waals surface area contributed by atoms with E-state index in [-0.39, 0.29) is 11.5 Å². The third-order valence-electron chi connectivity index (χ3n) is 3.91. The van der Waals surface area contributed by atoms with Gasteiger partial charge in [0, 0.05) is 39.2 Å². The second kappa shape index (κ2) is 4.55. The molecule has 5 nitrogen and oxygen atoms in total. The molecule has 1 unspecified atom stereocenters. The standard InChI is InChI=1S/C12H23N3O2/c1-11(2)9-12(10(13)16,3-8-17-11)15-6-4-14-5-7-15/h14H,3-9H2,1-2H3,(H2,13,16). The minimum absolute atomic E-state index is 0.198. The van der Waals surface area contributed by atoms with Gasteiger partial charge in [0.15, 0.2) is 0 Å². The van der Waals surface area contributed by atoms with Crippen molar-refractivity contribution in [2.45, 2.75) is 37.8 Å². The Morgan fingerprint density at radius 3 is 2.53 bits per heavy atom. The number of carbonyl (C=O) groups excluding carboxylic acids is 1. The van der Waals surface area contributed by atoms with Crippen molar-refractivity contribution in [2.75, 3.05) is 32.8 Å². The van der Waals surface area contributed by atoms with Crippen LogP contribution in [-0.2, 0) is 9.53 Å². The van der Waals surface area contributed by atoms with Crippen LogP contribution in [0, 0.1) is 0 Å². The smallest absolute Gasteiger partial charge is 0.238 e. The molecule has 0 saturated carbocycles. The fourth-order valence-electron chi connectivity index (χ4n) is 3.07. The molecule has 0 spiro atoms. The van der Waals surface area contributed by atoms with Gasteiger partial charge in [0.1, 0.15) is 5.54 Å². The topological polar surface area (TPSA) is 67.6 Å². The van der Waals surface area contributed by atoms with Crippen molar-refractivity contribution in [1.29, 1.82) is 0 Å². The number of amides is 1. The first-order chi connectivity index (χ1) is 7.96. The van der Waals surface area contributed by atoms with E-state index in [9.17, 15) is 4.79 Å². The molecule has 17 heavy (non-hydrogen) atoms. The Morgan fingerprint density at radius 2 is 2.00 bits per heavy atom. The first-order valence-corrected chi connectivity index (χ1v) is 6.36. The summed E-state index contributed by atoms with van der Waals surface area (Å²) in [6.45, 7) is 8.31. The van der Waals surface area contributed by atoms with Crippen molar-refractivity contribution in [3.8, 4) is 0 Å². The number of hydrogen-bond donors (Lipinski definition) is 2. The number of hydrogen-bond acceptors (Lipinski definition) is 4. The van der Waals surface area contributed by atoms with Crippen molar-refractivity contribution in [2.24, 2.45) is 5.73 Å². The Labute approximate surface area is 103 Å². The molecule has 1 amide bonds. The molecule has 0 aromatic carbocycles. The van der Waals surface area contributed by atoms with Crippen LogP contribution >= 0.6 is 0 Å². The molecule has 5 heteroatoms. The Hall–Kier alpha value is -0.650. The van der Waals surface area contributed by atoms with Crippen LogP contribution in [0.4, 0.5) is 0 Å². The Kier molecular flexibility index (Phi) is 3.43. The van der Waals surface area contributed by atoms with Gasteiger partial charge in [0.2, 0.25) is 5.91 Å². The van der Waals surface area contributed by atoms with Crippen molar-refractivity contribution >= 4 is 5.91 Å². The van der Waals surface area contributed by atoms with Gasteiger partial charge < -0.3 is 15.8 Å². The number of nitrogens with zero attached hydrogens (tertiary/aromatic N) is 1. The lowest BCUT2D eigenvalue weighted by Gasteiger charge is -2.50. The Morgan fingerprint density at radius 1 is 1.35 bits per heavy atom. The third kappa shape index (κ3) is 2.46. The van der Waals surface area contributed by atoms with E-state index in [4.69, 9.17) is 10.5 Å². The molecular formula is C12H23N3O2. The van der Waals surface area contributed by atoms with Crippen LogP contribution in [0.1, 0.15) is 26.7 Å². The van der Waals surface area contributed by atoms with Crippen molar-refractivity contribution in [3.05, 3.63) is 0 Å². The minimum atomic E-state index is -0.510. The molecule has 2 aliphatic rings. The first-order valence-electron chi connectivity index (χ1n) is 6.36. The number of piperazine rings is 1. The number of nitrogens with two attached hydrogens (primary N) is 1. The number of carbonyl (C=O) groups is 1. The van der Waals surface area contributed by atoms with E-state index in [0.29, 0.717) is 19.4 Å². The molecule has 98 valence electrons. The fourth-order valence-corrected chi connectivity index (χ4v) is 3.07. The molecule has 3 N–H and O–H groups in total. The summed E-state index contributed by atoms with van der Waals surface area (Å²) < 4.78 is 5.71. The first kappa shape index (κ1) is 12.8. The summed E-state index contributed by atoms with van der Waals surface area (Å²) in [4.78, 5) is 14.2. The van der Waals surface area contributed by atoms with Crippen molar-refractivity contribution in [3.63, 3.8) is 0 Å². The van der Waals surface area contributed by atoms with E-state index in [1.165, 1.54) is 0 Å². The summed E-state index contributed by atoms with van der Waals surface area (Å²) in [6, 6.07) is 0. The molecule has 2 heterocycles. The highest BCUT2D eigenvalue weighted by Gasteiger charge is 2.49. The molecule has 0 bridgehead atoms. The largest absolute Gasteiger partial charge is 0.375 e. The summed E-state index contributed by atoms with van der Waals surface area (Å²) in [5, 5.41) is 3.31. The maximum atomic E-state index is 12.0. The van der Waals surface area contributed by atoms with E-state index in [1.807, 2.05) is 13.8 Å². The maximum Gasteiger partial charge on any atom is 0.238 e. The lowest BCUT2D eigenvalue weighted by atomic mass is 9.79. The highest BCUT2D eigenvalue weighted by Crippen LogP contribution is 2.36. The number of rotatable bonds is 2. The zero-order valence-electron chi connectivity index (χ0n) is 10.8. The quantitative estimate of drug-likeness (QED) is 0.697. The molecule has 2 fully saturated rings. The lowest BCUT2D eigenvalue weighted by molar-refractivity contribution is -0.154. The van der Waals surface area contributed by atoms with Crippen LogP contribution in [0.2, 0.25) is 0 Å². The summed E-state index contributed by atoms with van der Waals surface area (Å²) in [5.41, 5.74) is 4.92. The van der Waals surface area contributed by atoms with Gasteiger partial charge in [-0.3, -0.25) is 9.69 Å². The van der Waals surface area contributed by atoms with Gasteiger partial charge in [0.25, 0.3) is 0 Å². The summed E-state index contributed by atoms with van der Waals surface area (Å²) in [6.07, 6.45) is 1.40. The highest BCUT2D eigenvalue weighted by atomic mass is 16.5. The van der Waals surface area contributed by atoms with Gasteiger partial charge in [-0.1, -0.05) is 0 Å². The van der Waals surface area contributed by atoms with E-state index in [1.54, 1.807) is 0 Å². The van der Waals surface area contributed by atoms with Gasteiger partial charge in [-0.15, -0.1) is 0 Å². The maximum absolute atomic E-state index is 12.0. The highest BCUT2D eigenvalue weighted by molar-refractivity contribution is 5.85. The SMILES string of the molecule is CC1(C)CC(C(N)=O)(N2CCNCC2)CCO1. The van der Waals surface area contributed by atoms with Crippen LogP contribution in [0.15, 0.2) is 0 Å². The van der Waals surface area contributed by atoms with Crippen LogP contribution in [0.3, 0.4) is 0 Å². The second-order valence-corrected chi connectivity index (χ2v) is 5.67.